The number of hydrogen-bond donors (Lipinski definition) is 2. The maximum absolute atomic E-state index is 12.9. The highest BCUT2D eigenvalue weighted by Gasteiger charge is 2.46. The van der Waals surface area contributed by atoms with Crippen molar-refractivity contribution in [1.82, 2.24) is 0 Å². The summed E-state index contributed by atoms with van der Waals surface area (Å²) < 4.78 is 11.2. The molecule has 27 heavy (non-hydrogen) atoms. The first-order valence-electron chi connectivity index (χ1n) is 10.1. The Bertz CT molecular complexity index is 517. The fourth-order valence-corrected chi connectivity index (χ4v) is 4.11. The van der Waals surface area contributed by atoms with Crippen LogP contribution < -0.4 is 0 Å². The number of ketones is 1. The van der Waals surface area contributed by atoms with Gasteiger partial charge in [-0.15, -0.1) is 0 Å². The van der Waals surface area contributed by atoms with E-state index in [4.69, 9.17) is 9.47 Å². The SMILES string of the molecule is CC[C@H]1OC(=O)[C@H](C)CCC[C@](C)(OC)C[C@@H](C)C(=O)[C@H](C)[C@@H](O)[C@]1(C)O. The molecule has 0 saturated carbocycles. The lowest BCUT2D eigenvalue weighted by Crippen LogP contribution is -2.55. The molecule has 158 valence electrons. The van der Waals surface area contributed by atoms with E-state index in [0.29, 0.717) is 19.3 Å². The van der Waals surface area contributed by atoms with Crippen LogP contribution in [0.5, 0.6) is 0 Å². The zero-order valence-corrected chi connectivity index (χ0v) is 17.9. The Kier molecular flexibility index (Phi) is 8.45. The molecule has 2 N–H and O–H groups in total. The van der Waals surface area contributed by atoms with Gasteiger partial charge in [0.25, 0.3) is 0 Å². The third kappa shape index (κ3) is 5.75. The molecule has 7 atom stereocenters. The predicted molar refractivity (Wildman–Crippen MR) is 103 cm³/mol. The number of carbonyl (C=O) groups is 2. The summed E-state index contributed by atoms with van der Waals surface area (Å²) in [6, 6.07) is 0. The van der Waals surface area contributed by atoms with Gasteiger partial charge in [-0.05, 0) is 46.0 Å². The molecule has 0 aromatic rings. The van der Waals surface area contributed by atoms with Crippen molar-refractivity contribution >= 4 is 11.8 Å². The Balaban J connectivity index is 3.22. The molecule has 6 nitrogen and oxygen atoms in total. The number of methoxy groups -OCH3 is 1. The van der Waals surface area contributed by atoms with Crippen molar-refractivity contribution in [2.75, 3.05) is 7.11 Å². The number of cyclic esters (lactones) is 1. The van der Waals surface area contributed by atoms with Crippen LogP contribution in [0.4, 0.5) is 0 Å². The van der Waals surface area contributed by atoms with Gasteiger partial charge in [0.1, 0.15) is 17.5 Å². The van der Waals surface area contributed by atoms with E-state index in [2.05, 4.69) is 0 Å². The van der Waals surface area contributed by atoms with Gasteiger partial charge in [0.15, 0.2) is 0 Å². The molecular formula is C21H38O6. The highest BCUT2D eigenvalue weighted by atomic mass is 16.6. The minimum atomic E-state index is -1.71. The van der Waals surface area contributed by atoms with Crippen LogP contribution in [-0.2, 0) is 19.1 Å². The molecule has 1 saturated heterocycles. The zero-order valence-electron chi connectivity index (χ0n) is 17.9. The first-order valence-corrected chi connectivity index (χ1v) is 10.1. The topological polar surface area (TPSA) is 93.1 Å². The fourth-order valence-electron chi connectivity index (χ4n) is 4.11. The Hall–Kier alpha value is -0.980. The number of hydrogen-bond acceptors (Lipinski definition) is 6. The van der Waals surface area contributed by atoms with Crippen molar-refractivity contribution < 1.29 is 29.3 Å². The number of esters is 1. The number of Topliss-reactive ketones (excluding diaryl/α,β-unsaturated/α-hetero) is 1. The van der Waals surface area contributed by atoms with E-state index in [-0.39, 0.29) is 17.6 Å². The van der Waals surface area contributed by atoms with Gasteiger partial charge in [-0.3, -0.25) is 9.59 Å². The second-order valence-electron chi connectivity index (χ2n) is 8.75. The minimum absolute atomic E-state index is 0.127. The van der Waals surface area contributed by atoms with Gasteiger partial charge in [0, 0.05) is 18.9 Å². The number of ether oxygens (including phenoxy) is 2. The molecule has 1 rings (SSSR count). The molecule has 1 aliphatic heterocycles. The van der Waals surface area contributed by atoms with Gasteiger partial charge in [0.05, 0.1) is 17.6 Å². The van der Waals surface area contributed by atoms with E-state index < -0.39 is 35.3 Å². The summed E-state index contributed by atoms with van der Waals surface area (Å²) in [6.07, 6.45) is 0.797. The molecule has 6 heteroatoms. The lowest BCUT2D eigenvalue weighted by molar-refractivity contribution is -0.190. The molecule has 0 bridgehead atoms. The van der Waals surface area contributed by atoms with Crippen molar-refractivity contribution in [2.24, 2.45) is 17.8 Å². The van der Waals surface area contributed by atoms with Crippen LogP contribution in [-0.4, -0.2) is 52.5 Å². The predicted octanol–water partition coefficient (Wildman–Crippen LogP) is 2.88. The molecule has 0 amide bonds. The monoisotopic (exact) mass is 386 g/mol. The molecule has 0 spiro atoms. The highest BCUT2D eigenvalue weighted by molar-refractivity contribution is 5.83. The molecule has 0 aromatic carbocycles. The maximum Gasteiger partial charge on any atom is 0.309 e. The van der Waals surface area contributed by atoms with Crippen molar-refractivity contribution in [3.8, 4) is 0 Å². The quantitative estimate of drug-likeness (QED) is 0.709. The molecule has 0 aliphatic carbocycles. The lowest BCUT2D eigenvalue weighted by Gasteiger charge is -2.40. The normalized spacial score (nSPS) is 43.1. The summed E-state index contributed by atoms with van der Waals surface area (Å²) >= 11 is 0. The standard InChI is InChI=1S/C21H38O6/c1-8-16-21(6,25)18(23)15(4)17(22)14(3)12-20(5,26-7)11-9-10-13(2)19(24)27-16/h13-16,18,23,25H,8-12H2,1-7H3/t13-,14-,15+,16-,18-,20+,21-/m1/s1. The zero-order chi connectivity index (χ0) is 21.0. The Morgan fingerprint density at radius 2 is 1.78 bits per heavy atom. The van der Waals surface area contributed by atoms with Gasteiger partial charge in [-0.1, -0.05) is 27.7 Å². The molecule has 0 unspecified atom stereocenters. The second-order valence-corrected chi connectivity index (χ2v) is 8.75. The molecule has 0 radical (unpaired) electrons. The van der Waals surface area contributed by atoms with E-state index in [0.717, 1.165) is 12.8 Å². The van der Waals surface area contributed by atoms with E-state index >= 15 is 0 Å². The number of aliphatic hydroxyl groups excluding tert-OH is 1. The Morgan fingerprint density at radius 1 is 1.19 bits per heavy atom. The third-order valence-corrected chi connectivity index (χ3v) is 6.26. The van der Waals surface area contributed by atoms with E-state index in [1.54, 1.807) is 21.0 Å². The van der Waals surface area contributed by atoms with Gasteiger partial charge in [0.2, 0.25) is 0 Å². The molecule has 1 fully saturated rings. The first kappa shape index (κ1) is 24.1. The lowest BCUT2D eigenvalue weighted by atomic mass is 9.76. The van der Waals surface area contributed by atoms with Crippen molar-refractivity contribution in [3.05, 3.63) is 0 Å². The van der Waals surface area contributed by atoms with Crippen molar-refractivity contribution in [2.45, 2.75) is 97.1 Å². The van der Waals surface area contributed by atoms with Crippen LogP contribution in [0.15, 0.2) is 0 Å². The van der Waals surface area contributed by atoms with Crippen LogP contribution in [0.25, 0.3) is 0 Å². The van der Waals surface area contributed by atoms with E-state index in [1.807, 2.05) is 20.8 Å². The van der Waals surface area contributed by atoms with Crippen molar-refractivity contribution in [1.29, 1.82) is 0 Å². The smallest absolute Gasteiger partial charge is 0.309 e. The summed E-state index contributed by atoms with van der Waals surface area (Å²) in [5.41, 5.74) is -2.20. The second kappa shape index (κ2) is 9.48. The Morgan fingerprint density at radius 3 is 2.30 bits per heavy atom. The highest BCUT2D eigenvalue weighted by Crippen LogP contribution is 2.33. The maximum atomic E-state index is 12.9. The number of aliphatic hydroxyl groups is 2. The molecule has 0 aromatic heterocycles. The Labute approximate surface area is 163 Å². The number of rotatable bonds is 2. The van der Waals surface area contributed by atoms with Gasteiger partial charge in [-0.2, -0.15) is 0 Å². The summed E-state index contributed by atoms with van der Waals surface area (Å²) in [4.78, 5) is 25.4. The average Bonchev–Trinajstić information content (AvgIpc) is 2.62. The van der Waals surface area contributed by atoms with Crippen LogP contribution in [0.1, 0.15) is 73.6 Å². The first-order chi connectivity index (χ1) is 12.4. The van der Waals surface area contributed by atoms with E-state index in [1.165, 1.54) is 6.92 Å². The molecule has 1 heterocycles. The largest absolute Gasteiger partial charge is 0.459 e. The van der Waals surface area contributed by atoms with Gasteiger partial charge in [-0.25, -0.2) is 0 Å². The summed E-state index contributed by atoms with van der Waals surface area (Å²) in [6.45, 7) is 10.4. The summed E-state index contributed by atoms with van der Waals surface area (Å²) in [5, 5.41) is 21.7. The van der Waals surface area contributed by atoms with Crippen LogP contribution in [0.3, 0.4) is 0 Å². The minimum Gasteiger partial charge on any atom is -0.459 e. The van der Waals surface area contributed by atoms with Gasteiger partial charge < -0.3 is 19.7 Å². The number of carbonyl (C=O) groups excluding carboxylic acids is 2. The van der Waals surface area contributed by atoms with Crippen LogP contribution in [0.2, 0.25) is 0 Å². The average molecular weight is 387 g/mol. The fraction of sp³-hybridized carbons (Fsp3) is 0.905. The summed E-state index contributed by atoms with van der Waals surface area (Å²) in [5.74, 6) is -1.94. The van der Waals surface area contributed by atoms with Crippen LogP contribution in [0, 0.1) is 17.8 Å². The van der Waals surface area contributed by atoms with Gasteiger partial charge >= 0.3 is 5.97 Å². The van der Waals surface area contributed by atoms with Crippen molar-refractivity contribution in [3.63, 3.8) is 0 Å². The third-order valence-electron chi connectivity index (χ3n) is 6.26. The van der Waals surface area contributed by atoms with Crippen LogP contribution >= 0.6 is 0 Å². The molecular weight excluding hydrogens is 348 g/mol. The van der Waals surface area contributed by atoms with E-state index in [9.17, 15) is 19.8 Å². The molecule has 1 aliphatic rings. The summed E-state index contributed by atoms with van der Waals surface area (Å²) in [7, 11) is 1.63.